The van der Waals surface area contributed by atoms with Gasteiger partial charge in [0, 0.05) is 33.3 Å². The van der Waals surface area contributed by atoms with E-state index in [1.54, 1.807) is 0 Å². The highest BCUT2D eigenvalue weighted by Crippen LogP contribution is 2.48. The van der Waals surface area contributed by atoms with Crippen LogP contribution in [0.1, 0.15) is 0 Å². The minimum atomic E-state index is 0.700. The normalized spacial score (nSPS) is 11.9. The molecule has 1 aliphatic rings. The van der Waals surface area contributed by atoms with Crippen molar-refractivity contribution in [2.45, 2.75) is 0 Å². The summed E-state index contributed by atoms with van der Waals surface area (Å²) in [5.74, 6) is 0.700. The van der Waals surface area contributed by atoms with Crippen LogP contribution in [0.25, 0.3) is 61.8 Å². The summed E-state index contributed by atoms with van der Waals surface area (Å²) in [5, 5.41) is 1.23. The van der Waals surface area contributed by atoms with Gasteiger partial charge >= 0.3 is 0 Å². The molecule has 6 aromatic carbocycles. The van der Waals surface area contributed by atoms with Crippen LogP contribution in [0.15, 0.2) is 170 Å². The van der Waals surface area contributed by atoms with Gasteiger partial charge in [-0.1, -0.05) is 109 Å². The minimum Gasteiger partial charge on any atom is -0.308 e. The lowest BCUT2D eigenvalue weighted by atomic mass is 10.1. The van der Waals surface area contributed by atoms with Crippen molar-refractivity contribution in [2.75, 3.05) is 4.90 Å². The number of benzene rings is 6. The molecule has 0 atom stereocenters. The van der Waals surface area contributed by atoms with Crippen LogP contribution in [0.3, 0.4) is 0 Å². The lowest BCUT2D eigenvalue weighted by Crippen LogP contribution is -2.11. The van der Waals surface area contributed by atoms with Crippen LogP contribution in [0, 0.1) is 0 Å². The zero-order chi connectivity index (χ0) is 30.5. The van der Waals surface area contributed by atoms with Crippen molar-refractivity contribution in [2.24, 2.45) is 0 Å². The summed E-state index contributed by atoms with van der Waals surface area (Å²) in [7, 11) is 0. The molecule has 216 valence electrons. The van der Waals surface area contributed by atoms with E-state index in [0.29, 0.717) is 5.82 Å². The zero-order valence-corrected chi connectivity index (χ0v) is 25.0. The fraction of sp³-hybridized carbons (Fsp3) is 0. The fourth-order valence-electron chi connectivity index (χ4n) is 6.60. The van der Waals surface area contributed by atoms with Gasteiger partial charge in [0.25, 0.3) is 0 Å². The van der Waals surface area contributed by atoms with Gasteiger partial charge in [0.05, 0.1) is 39.7 Å². The Morgan fingerprint density at radius 3 is 1.67 bits per heavy atom. The molecule has 9 rings (SSSR count). The van der Waals surface area contributed by atoms with Gasteiger partial charge in [0.1, 0.15) is 0 Å². The molecular formula is C42H28N4. The number of hydrogen-bond donors (Lipinski definition) is 0. The van der Waals surface area contributed by atoms with E-state index in [1.807, 2.05) is 36.4 Å². The van der Waals surface area contributed by atoms with Gasteiger partial charge in [-0.3, -0.25) is 0 Å². The zero-order valence-electron chi connectivity index (χ0n) is 25.0. The lowest BCUT2D eigenvalue weighted by molar-refractivity contribution is 1.14. The summed E-state index contributed by atoms with van der Waals surface area (Å²) in [6.07, 6.45) is 0. The summed E-state index contributed by atoms with van der Waals surface area (Å²) in [5.41, 5.74) is 12.9. The monoisotopic (exact) mass is 588 g/mol. The number of fused-ring (bicyclic) bond motifs is 7. The molecule has 0 saturated heterocycles. The molecule has 0 aliphatic carbocycles. The van der Waals surface area contributed by atoms with Crippen molar-refractivity contribution in [3.05, 3.63) is 170 Å². The Labute approximate surface area is 267 Å². The minimum absolute atomic E-state index is 0.700. The topological polar surface area (TPSA) is 34.0 Å². The molecule has 3 heterocycles. The van der Waals surface area contributed by atoms with Crippen molar-refractivity contribution in [3.8, 4) is 50.8 Å². The van der Waals surface area contributed by atoms with Crippen molar-refractivity contribution in [1.82, 2.24) is 14.5 Å². The first-order chi connectivity index (χ1) is 22.8. The van der Waals surface area contributed by atoms with E-state index in [-0.39, 0.29) is 0 Å². The second-order valence-electron chi connectivity index (χ2n) is 11.5. The van der Waals surface area contributed by atoms with Crippen LogP contribution in [0.4, 0.5) is 17.1 Å². The maximum absolute atomic E-state index is 5.05. The molecule has 0 bridgehead atoms. The van der Waals surface area contributed by atoms with E-state index < -0.39 is 0 Å². The van der Waals surface area contributed by atoms with Crippen molar-refractivity contribution < 1.29 is 0 Å². The highest BCUT2D eigenvalue weighted by atomic mass is 15.2. The summed E-state index contributed by atoms with van der Waals surface area (Å²) in [6, 6.07) is 59.6. The number of rotatable bonds is 4. The van der Waals surface area contributed by atoms with E-state index >= 15 is 0 Å². The number of anilines is 3. The van der Waals surface area contributed by atoms with Gasteiger partial charge in [-0.15, -0.1) is 0 Å². The third-order valence-electron chi connectivity index (χ3n) is 8.74. The Balaban J connectivity index is 1.19. The SMILES string of the molecule is c1ccc(-c2cc(-c3ccccc3)nc(-c3ccc(N4c5ccccc5-c5cc6ccccc6n5-c5ccccc54)cc3)n2)cc1. The van der Waals surface area contributed by atoms with Gasteiger partial charge in [-0.05, 0) is 60.7 Å². The fourth-order valence-corrected chi connectivity index (χ4v) is 6.60. The van der Waals surface area contributed by atoms with Crippen molar-refractivity contribution >= 4 is 28.0 Å². The van der Waals surface area contributed by atoms with Crippen molar-refractivity contribution in [3.63, 3.8) is 0 Å². The molecule has 4 heteroatoms. The van der Waals surface area contributed by atoms with Gasteiger partial charge < -0.3 is 9.47 Å². The highest BCUT2D eigenvalue weighted by molar-refractivity contribution is 5.99. The molecule has 0 saturated carbocycles. The molecule has 1 aliphatic heterocycles. The van der Waals surface area contributed by atoms with Crippen molar-refractivity contribution in [1.29, 1.82) is 0 Å². The molecule has 4 nitrogen and oxygen atoms in total. The van der Waals surface area contributed by atoms with Gasteiger partial charge in [0.15, 0.2) is 5.82 Å². The van der Waals surface area contributed by atoms with Gasteiger partial charge in [-0.2, -0.15) is 0 Å². The average Bonchev–Trinajstić information content (AvgIpc) is 3.47. The number of para-hydroxylation sites is 4. The van der Waals surface area contributed by atoms with Crippen LogP contribution in [-0.4, -0.2) is 14.5 Å². The molecule has 0 spiro atoms. The van der Waals surface area contributed by atoms with Gasteiger partial charge in [-0.25, -0.2) is 9.97 Å². The molecule has 46 heavy (non-hydrogen) atoms. The Bertz CT molecular complexity index is 2300. The number of nitrogens with zero attached hydrogens (tertiary/aromatic N) is 4. The molecule has 0 fully saturated rings. The van der Waals surface area contributed by atoms with E-state index in [0.717, 1.165) is 50.8 Å². The third kappa shape index (κ3) is 4.31. The predicted molar refractivity (Wildman–Crippen MR) is 189 cm³/mol. The Morgan fingerprint density at radius 2 is 0.978 bits per heavy atom. The Morgan fingerprint density at radius 1 is 0.413 bits per heavy atom. The van der Waals surface area contributed by atoms with Crippen LogP contribution in [-0.2, 0) is 0 Å². The maximum Gasteiger partial charge on any atom is 0.160 e. The standard InChI is InChI=1S/C42H28N4/c1-3-13-29(14-4-1)35-28-36(30-15-5-2-6-16-30)44-42(43-35)31-23-25-33(26-24-31)45-38-20-10-8-18-34(38)41-27-32-17-7-9-19-37(32)46(41)40-22-12-11-21-39(40)45/h1-28H. The van der Waals surface area contributed by atoms with Crippen LogP contribution < -0.4 is 4.90 Å². The highest BCUT2D eigenvalue weighted by Gasteiger charge is 2.27. The van der Waals surface area contributed by atoms with E-state index in [4.69, 9.17) is 9.97 Å². The van der Waals surface area contributed by atoms with E-state index in [2.05, 4.69) is 143 Å². The number of hydrogen-bond acceptors (Lipinski definition) is 3. The average molecular weight is 589 g/mol. The molecule has 0 amide bonds. The molecule has 0 N–H and O–H groups in total. The Hall–Kier alpha value is -6.26. The first-order valence-corrected chi connectivity index (χ1v) is 15.5. The Kier molecular flexibility index (Phi) is 6.10. The van der Waals surface area contributed by atoms with Crippen LogP contribution in [0.5, 0.6) is 0 Å². The lowest BCUT2D eigenvalue weighted by Gasteiger charge is -2.27. The van der Waals surface area contributed by atoms with Crippen LogP contribution >= 0.6 is 0 Å². The second-order valence-corrected chi connectivity index (χ2v) is 11.5. The summed E-state index contributed by atoms with van der Waals surface area (Å²) >= 11 is 0. The quantitative estimate of drug-likeness (QED) is 0.205. The predicted octanol–water partition coefficient (Wildman–Crippen LogP) is 10.9. The second kappa shape index (κ2) is 10.7. The summed E-state index contributed by atoms with van der Waals surface area (Å²) in [4.78, 5) is 12.5. The number of aromatic nitrogens is 3. The molecular weight excluding hydrogens is 560 g/mol. The van der Waals surface area contributed by atoms with Crippen LogP contribution in [0.2, 0.25) is 0 Å². The maximum atomic E-state index is 5.05. The molecule has 8 aromatic rings. The van der Waals surface area contributed by atoms with E-state index in [1.165, 1.54) is 22.2 Å². The first kappa shape index (κ1) is 26.2. The summed E-state index contributed by atoms with van der Waals surface area (Å²) < 4.78 is 2.39. The largest absolute Gasteiger partial charge is 0.308 e. The van der Waals surface area contributed by atoms with Gasteiger partial charge in [0.2, 0.25) is 0 Å². The first-order valence-electron chi connectivity index (χ1n) is 15.5. The third-order valence-corrected chi connectivity index (χ3v) is 8.74. The smallest absolute Gasteiger partial charge is 0.160 e. The molecule has 2 aromatic heterocycles. The van der Waals surface area contributed by atoms with E-state index in [9.17, 15) is 0 Å². The summed E-state index contributed by atoms with van der Waals surface area (Å²) in [6.45, 7) is 0. The molecule has 0 unspecified atom stereocenters. The molecule has 0 radical (unpaired) electrons.